The Morgan fingerprint density at radius 2 is 1.71 bits per heavy atom. The van der Waals surface area contributed by atoms with Crippen LogP contribution in [0.5, 0.6) is 5.75 Å². The summed E-state index contributed by atoms with van der Waals surface area (Å²) in [6.07, 6.45) is 1.57. The van der Waals surface area contributed by atoms with E-state index in [2.05, 4.69) is 9.97 Å². The summed E-state index contributed by atoms with van der Waals surface area (Å²) in [5.41, 5.74) is 2.15. The molecule has 0 aliphatic rings. The molecule has 0 spiro atoms. The molecule has 6 heteroatoms. The highest BCUT2D eigenvalue weighted by Gasteiger charge is 2.23. The van der Waals surface area contributed by atoms with E-state index in [1.807, 2.05) is 24.3 Å². The predicted molar refractivity (Wildman–Crippen MR) is 111 cm³/mol. The number of rotatable bonds is 5. The van der Waals surface area contributed by atoms with E-state index in [-0.39, 0.29) is 9.80 Å². The molecule has 0 amide bonds. The highest BCUT2D eigenvalue weighted by atomic mass is 32.2. The third kappa shape index (κ3) is 3.42. The van der Waals surface area contributed by atoms with E-state index in [0.717, 1.165) is 11.0 Å². The van der Waals surface area contributed by atoms with Gasteiger partial charge in [0.2, 0.25) is 9.84 Å². The van der Waals surface area contributed by atoms with Crippen molar-refractivity contribution in [3.63, 3.8) is 0 Å². The maximum absolute atomic E-state index is 13.4. The first-order chi connectivity index (χ1) is 13.6. The zero-order valence-corrected chi connectivity index (χ0v) is 16.0. The Kier molecular flexibility index (Phi) is 4.71. The van der Waals surface area contributed by atoms with Crippen LogP contribution >= 0.6 is 0 Å². The summed E-state index contributed by atoms with van der Waals surface area (Å²) in [6, 6.07) is 22.9. The van der Waals surface area contributed by atoms with Gasteiger partial charge in [0.05, 0.1) is 27.9 Å². The van der Waals surface area contributed by atoms with Crippen LogP contribution in [0.1, 0.15) is 11.4 Å². The Balaban J connectivity index is 1.93. The van der Waals surface area contributed by atoms with Gasteiger partial charge in [0, 0.05) is 6.08 Å². The fourth-order valence-corrected chi connectivity index (χ4v) is 4.46. The number of fused-ring (bicyclic) bond motifs is 1. The molecule has 28 heavy (non-hydrogen) atoms. The second-order valence-electron chi connectivity index (χ2n) is 6.20. The molecular weight excluding hydrogens is 372 g/mol. The molecule has 0 aliphatic heterocycles. The molecular formula is C22H18N2O3S. The Labute approximate surface area is 163 Å². The van der Waals surface area contributed by atoms with Gasteiger partial charge in [-0.2, -0.15) is 0 Å². The zero-order valence-electron chi connectivity index (χ0n) is 15.2. The lowest BCUT2D eigenvalue weighted by molar-refractivity contribution is 0.414. The second kappa shape index (κ2) is 7.32. The van der Waals surface area contributed by atoms with Gasteiger partial charge in [-0.15, -0.1) is 0 Å². The molecule has 3 aromatic carbocycles. The SMILES string of the molecule is COc1cccc(C(=Cc2nc3ccccc3[nH]2)S(=O)(=O)c2ccccc2)c1. The molecule has 5 nitrogen and oxygen atoms in total. The van der Waals surface area contributed by atoms with E-state index in [4.69, 9.17) is 4.74 Å². The molecule has 4 aromatic rings. The normalized spacial score (nSPS) is 12.2. The summed E-state index contributed by atoms with van der Waals surface area (Å²) in [7, 11) is -2.22. The molecule has 0 unspecified atom stereocenters. The van der Waals surface area contributed by atoms with E-state index in [9.17, 15) is 8.42 Å². The van der Waals surface area contributed by atoms with Crippen LogP contribution in [0.2, 0.25) is 0 Å². The van der Waals surface area contributed by atoms with Crippen LogP contribution in [-0.4, -0.2) is 25.5 Å². The summed E-state index contributed by atoms with van der Waals surface area (Å²) in [4.78, 5) is 8.04. The molecule has 0 bridgehead atoms. The Bertz CT molecular complexity index is 1230. The number of benzene rings is 3. The third-order valence-electron chi connectivity index (χ3n) is 4.37. The number of aromatic nitrogens is 2. The van der Waals surface area contributed by atoms with Crippen molar-refractivity contribution in [2.75, 3.05) is 7.11 Å². The summed E-state index contributed by atoms with van der Waals surface area (Å²) >= 11 is 0. The van der Waals surface area contributed by atoms with Crippen molar-refractivity contribution in [2.24, 2.45) is 0 Å². The van der Waals surface area contributed by atoms with Gasteiger partial charge in [-0.25, -0.2) is 13.4 Å². The fourth-order valence-electron chi connectivity index (χ4n) is 2.98. The van der Waals surface area contributed by atoms with Crippen LogP contribution < -0.4 is 4.74 Å². The number of sulfone groups is 1. The van der Waals surface area contributed by atoms with E-state index >= 15 is 0 Å². The highest BCUT2D eigenvalue weighted by Crippen LogP contribution is 2.31. The summed E-state index contributed by atoms with van der Waals surface area (Å²) in [6.45, 7) is 0. The van der Waals surface area contributed by atoms with E-state index in [1.165, 1.54) is 0 Å². The molecule has 0 radical (unpaired) electrons. The average molecular weight is 390 g/mol. The molecule has 0 atom stereocenters. The number of para-hydroxylation sites is 2. The number of imidazole rings is 1. The second-order valence-corrected chi connectivity index (χ2v) is 8.11. The average Bonchev–Trinajstić information content (AvgIpc) is 3.15. The summed E-state index contributed by atoms with van der Waals surface area (Å²) < 4.78 is 32.1. The maximum atomic E-state index is 13.4. The zero-order chi connectivity index (χ0) is 19.6. The van der Waals surface area contributed by atoms with Gasteiger partial charge in [-0.05, 0) is 42.0 Å². The van der Waals surface area contributed by atoms with Crippen molar-refractivity contribution in [3.8, 4) is 5.75 Å². The molecule has 140 valence electrons. The first-order valence-electron chi connectivity index (χ1n) is 8.69. The quantitative estimate of drug-likeness (QED) is 0.543. The third-order valence-corrected chi connectivity index (χ3v) is 6.20. The van der Waals surface area contributed by atoms with Gasteiger partial charge in [-0.1, -0.05) is 42.5 Å². The minimum Gasteiger partial charge on any atom is -0.497 e. The van der Waals surface area contributed by atoms with Crippen molar-refractivity contribution in [3.05, 3.63) is 90.3 Å². The van der Waals surface area contributed by atoms with Crippen molar-refractivity contribution < 1.29 is 13.2 Å². The molecule has 4 rings (SSSR count). The predicted octanol–water partition coefficient (Wildman–Crippen LogP) is 4.54. The maximum Gasteiger partial charge on any atom is 0.207 e. The molecule has 1 aromatic heterocycles. The Morgan fingerprint density at radius 3 is 2.46 bits per heavy atom. The standard InChI is InChI=1S/C22H18N2O3S/c1-27-17-9-7-8-16(14-17)21(28(25,26)18-10-3-2-4-11-18)15-22-23-19-12-5-6-13-20(19)24-22/h2-15H,1H3,(H,23,24). The smallest absolute Gasteiger partial charge is 0.207 e. The van der Waals surface area contributed by atoms with Crippen molar-refractivity contribution >= 4 is 31.9 Å². The van der Waals surface area contributed by atoms with E-state index in [1.54, 1.807) is 67.8 Å². The van der Waals surface area contributed by atoms with Crippen LogP contribution in [0.4, 0.5) is 0 Å². The largest absolute Gasteiger partial charge is 0.497 e. The summed E-state index contributed by atoms with van der Waals surface area (Å²) in [5, 5.41) is 0. The molecule has 0 saturated carbocycles. The van der Waals surface area contributed by atoms with Gasteiger partial charge >= 0.3 is 0 Å². The highest BCUT2D eigenvalue weighted by molar-refractivity contribution is 8.00. The first kappa shape index (κ1) is 18.0. The fraction of sp³-hybridized carbons (Fsp3) is 0.0455. The van der Waals surface area contributed by atoms with Crippen molar-refractivity contribution in [2.45, 2.75) is 4.90 Å². The number of H-pyrrole nitrogens is 1. The van der Waals surface area contributed by atoms with Gasteiger partial charge in [0.1, 0.15) is 11.6 Å². The minimum atomic E-state index is -3.77. The first-order valence-corrected chi connectivity index (χ1v) is 10.2. The van der Waals surface area contributed by atoms with Crippen LogP contribution in [0.15, 0.2) is 83.8 Å². The number of ether oxygens (including phenoxy) is 1. The van der Waals surface area contributed by atoms with Crippen LogP contribution in [-0.2, 0) is 9.84 Å². The topological polar surface area (TPSA) is 72.0 Å². The molecule has 1 N–H and O–H groups in total. The Morgan fingerprint density at radius 1 is 0.964 bits per heavy atom. The van der Waals surface area contributed by atoms with Crippen LogP contribution in [0, 0.1) is 0 Å². The number of nitrogens with zero attached hydrogens (tertiary/aromatic N) is 1. The molecule has 0 fully saturated rings. The van der Waals surface area contributed by atoms with Gasteiger partial charge in [0.25, 0.3) is 0 Å². The van der Waals surface area contributed by atoms with Gasteiger partial charge in [0.15, 0.2) is 0 Å². The molecule has 0 aliphatic carbocycles. The van der Waals surface area contributed by atoms with E-state index < -0.39 is 9.84 Å². The van der Waals surface area contributed by atoms with Crippen LogP contribution in [0.25, 0.3) is 22.0 Å². The number of hydrogen-bond acceptors (Lipinski definition) is 4. The van der Waals surface area contributed by atoms with Crippen LogP contribution in [0.3, 0.4) is 0 Å². The van der Waals surface area contributed by atoms with E-state index in [0.29, 0.717) is 17.1 Å². The number of aromatic amines is 1. The minimum absolute atomic E-state index is 0.150. The summed E-state index contributed by atoms with van der Waals surface area (Å²) in [5.74, 6) is 1.05. The lowest BCUT2D eigenvalue weighted by atomic mass is 10.2. The number of methoxy groups -OCH3 is 1. The lowest BCUT2D eigenvalue weighted by Gasteiger charge is -2.11. The van der Waals surface area contributed by atoms with Gasteiger partial charge < -0.3 is 9.72 Å². The Hall–Kier alpha value is -3.38. The van der Waals surface area contributed by atoms with Crippen molar-refractivity contribution in [1.82, 2.24) is 9.97 Å². The van der Waals surface area contributed by atoms with Gasteiger partial charge in [-0.3, -0.25) is 0 Å². The number of hydrogen-bond donors (Lipinski definition) is 1. The van der Waals surface area contributed by atoms with Crippen molar-refractivity contribution in [1.29, 1.82) is 0 Å². The monoisotopic (exact) mass is 390 g/mol. The molecule has 0 saturated heterocycles. The number of nitrogens with one attached hydrogen (secondary N) is 1. The molecule has 1 heterocycles. The lowest BCUT2D eigenvalue weighted by Crippen LogP contribution is -2.05.